The number of oxazole rings is 1. The van der Waals surface area contributed by atoms with Crippen LogP contribution in [0.25, 0.3) is 11.1 Å². The molecule has 0 bridgehead atoms. The molecule has 2 aliphatic heterocycles. The highest BCUT2D eigenvalue weighted by molar-refractivity contribution is 5.79. The van der Waals surface area contributed by atoms with E-state index in [2.05, 4.69) is 39.0 Å². The van der Waals surface area contributed by atoms with E-state index in [1.807, 2.05) is 36.2 Å². The monoisotopic (exact) mass is 418 g/mol. The minimum Gasteiger partial charge on any atom is -0.423 e. The van der Waals surface area contributed by atoms with Crippen molar-refractivity contribution < 1.29 is 9.21 Å². The molecule has 2 saturated heterocycles. The molecule has 0 unspecified atom stereocenters. The van der Waals surface area contributed by atoms with Crippen molar-refractivity contribution in [2.24, 2.45) is 5.92 Å². The largest absolute Gasteiger partial charge is 0.423 e. The predicted molar refractivity (Wildman–Crippen MR) is 123 cm³/mol. The van der Waals surface area contributed by atoms with Crippen LogP contribution in [0.15, 0.2) is 52.9 Å². The van der Waals surface area contributed by atoms with Gasteiger partial charge in [-0.1, -0.05) is 30.3 Å². The molecule has 162 valence electrons. The molecule has 0 aliphatic carbocycles. The van der Waals surface area contributed by atoms with Gasteiger partial charge in [0.05, 0.1) is 0 Å². The Kier molecular flexibility index (Phi) is 5.53. The van der Waals surface area contributed by atoms with Crippen LogP contribution in [0.2, 0.25) is 0 Å². The topological polar surface area (TPSA) is 52.8 Å². The van der Waals surface area contributed by atoms with E-state index in [4.69, 9.17) is 4.42 Å². The number of hydrogen-bond acceptors (Lipinski definition) is 5. The molecule has 0 saturated carbocycles. The van der Waals surface area contributed by atoms with Crippen LogP contribution < -0.4 is 9.80 Å². The normalized spacial score (nSPS) is 17.5. The SMILES string of the molecule is CN(Cc1ccccc1N1CCCC1)C(=O)C1CCN(c2nc3ccccc3o2)CC1. The molecule has 3 aromatic rings. The van der Waals surface area contributed by atoms with Crippen LogP contribution in [0.1, 0.15) is 31.2 Å². The molecule has 0 atom stereocenters. The molecule has 6 heteroatoms. The average molecular weight is 419 g/mol. The minimum atomic E-state index is 0.0598. The van der Waals surface area contributed by atoms with E-state index in [-0.39, 0.29) is 11.8 Å². The summed E-state index contributed by atoms with van der Waals surface area (Å²) < 4.78 is 5.91. The van der Waals surface area contributed by atoms with Crippen molar-refractivity contribution in [3.05, 3.63) is 54.1 Å². The van der Waals surface area contributed by atoms with E-state index >= 15 is 0 Å². The van der Waals surface area contributed by atoms with Gasteiger partial charge in [0, 0.05) is 51.4 Å². The lowest BCUT2D eigenvalue weighted by atomic mass is 9.95. The van der Waals surface area contributed by atoms with Crippen molar-refractivity contribution in [3.63, 3.8) is 0 Å². The highest BCUT2D eigenvalue weighted by Crippen LogP contribution is 2.29. The molecular formula is C25H30N4O2. The smallest absolute Gasteiger partial charge is 0.298 e. The Labute approximate surface area is 183 Å². The number of benzene rings is 2. The fourth-order valence-electron chi connectivity index (χ4n) is 4.87. The third-order valence-corrected chi connectivity index (χ3v) is 6.62. The molecule has 5 rings (SSSR count). The van der Waals surface area contributed by atoms with Crippen LogP contribution in [0.4, 0.5) is 11.7 Å². The Morgan fingerprint density at radius 2 is 1.71 bits per heavy atom. The standard InChI is InChI=1S/C25H30N4O2/c1-27(18-20-8-2-4-10-22(20)28-14-6-7-15-28)24(30)19-12-16-29(17-13-19)25-26-21-9-3-5-11-23(21)31-25/h2-5,8-11,19H,6-7,12-18H2,1H3. The Morgan fingerprint density at radius 1 is 1.00 bits per heavy atom. The number of carbonyl (C=O) groups excluding carboxylic acids is 1. The van der Waals surface area contributed by atoms with E-state index in [1.165, 1.54) is 24.1 Å². The Bertz CT molecular complexity index is 1020. The van der Waals surface area contributed by atoms with Crippen molar-refractivity contribution >= 4 is 28.7 Å². The fourth-order valence-corrected chi connectivity index (χ4v) is 4.87. The van der Waals surface area contributed by atoms with E-state index in [0.29, 0.717) is 12.6 Å². The number of carbonyl (C=O) groups is 1. The molecule has 6 nitrogen and oxygen atoms in total. The Morgan fingerprint density at radius 3 is 2.48 bits per heavy atom. The van der Waals surface area contributed by atoms with Gasteiger partial charge in [0.15, 0.2) is 5.58 Å². The quantitative estimate of drug-likeness (QED) is 0.618. The molecule has 0 radical (unpaired) electrons. The molecule has 2 aliphatic rings. The maximum atomic E-state index is 13.2. The van der Waals surface area contributed by atoms with Crippen molar-refractivity contribution in [3.8, 4) is 0 Å². The lowest BCUT2D eigenvalue weighted by Crippen LogP contribution is -2.41. The third-order valence-electron chi connectivity index (χ3n) is 6.62. The lowest BCUT2D eigenvalue weighted by molar-refractivity contribution is -0.135. The lowest BCUT2D eigenvalue weighted by Gasteiger charge is -2.32. The van der Waals surface area contributed by atoms with Gasteiger partial charge in [-0.15, -0.1) is 0 Å². The fraction of sp³-hybridized carbons (Fsp3) is 0.440. The van der Waals surface area contributed by atoms with Crippen molar-refractivity contribution in [2.45, 2.75) is 32.2 Å². The van der Waals surface area contributed by atoms with E-state index < -0.39 is 0 Å². The first kappa shape index (κ1) is 19.9. The van der Waals surface area contributed by atoms with Crippen molar-refractivity contribution in [2.75, 3.05) is 43.0 Å². The maximum Gasteiger partial charge on any atom is 0.298 e. The second kappa shape index (κ2) is 8.61. The number of para-hydroxylation sites is 3. The summed E-state index contributed by atoms with van der Waals surface area (Å²) in [5, 5.41) is 0. The Hall–Kier alpha value is -3.02. The first-order chi connectivity index (χ1) is 15.2. The summed E-state index contributed by atoms with van der Waals surface area (Å²) in [5.74, 6) is 0.304. The second-order valence-corrected chi connectivity index (χ2v) is 8.74. The summed E-state index contributed by atoms with van der Waals surface area (Å²) >= 11 is 0. The molecular weight excluding hydrogens is 388 g/mol. The number of fused-ring (bicyclic) bond motifs is 1. The van der Waals surface area contributed by atoms with Gasteiger partial charge in [0.2, 0.25) is 5.91 Å². The zero-order valence-electron chi connectivity index (χ0n) is 18.2. The maximum absolute atomic E-state index is 13.2. The zero-order valence-corrected chi connectivity index (χ0v) is 18.2. The van der Waals surface area contributed by atoms with Gasteiger partial charge in [-0.25, -0.2) is 0 Å². The zero-order chi connectivity index (χ0) is 21.2. The van der Waals surface area contributed by atoms with Crippen LogP contribution in [0.5, 0.6) is 0 Å². The van der Waals surface area contributed by atoms with Crippen LogP contribution in [-0.4, -0.2) is 49.0 Å². The molecule has 2 fully saturated rings. The molecule has 1 aromatic heterocycles. The summed E-state index contributed by atoms with van der Waals surface area (Å²) in [6.45, 7) is 4.48. The van der Waals surface area contributed by atoms with Crippen molar-refractivity contribution in [1.82, 2.24) is 9.88 Å². The highest BCUT2D eigenvalue weighted by Gasteiger charge is 2.29. The summed E-state index contributed by atoms with van der Waals surface area (Å²) in [6, 6.07) is 17.0. The molecule has 0 N–H and O–H groups in total. The van der Waals surface area contributed by atoms with Gasteiger partial charge in [0.1, 0.15) is 5.52 Å². The summed E-state index contributed by atoms with van der Waals surface area (Å²) in [4.78, 5) is 24.3. The molecule has 31 heavy (non-hydrogen) atoms. The molecule has 0 spiro atoms. The molecule has 1 amide bonds. The second-order valence-electron chi connectivity index (χ2n) is 8.74. The number of amides is 1. The molecule has 3 heterocycles. The molecule has 2 aromatic carbocycles. The summed E-state index contributed by atoms with van der Waals surface area (Å²) in [6.07, 6.45) is 4.16. The van der Waals surface area contributed by atoms with Crippen LogP contribution in [0.3, 0.4) is 0 Å². The van der Waals surface area contributed by atoms with Gasteiger partial charge in [-0.2, -0.15) is 4.98 Å². The predicted octanol–water partition coefficient (Wildman–Crippen LogP) is 4.30. The average Bonchev–Trinajstić information content (AvgIpc) is 3.49. The minimum absolute atomic E-state index is 0.0598. The number of aromatic nitrogens is 1. The van der Waals surface area contributed by atoms with Gasteiger partial charge in [-0.3, -0.25) is 4.79 Å². The van der Waals surface area contributed by atoms with Crippen LogP contribution >= 0.6 is 0 Å². The van der Waals surface area contributed by atoms with E-state index in [0.717, 1.165) is 50.1 Å². The van der Waals surface area contributed by atoms with E-state index in [9.17, 15) is 4.79 Å². The first-order valence-corrected chi connectivity index (χ1v) is 11.4. The number of anilines is 2. The van der Waals surface area contributed by atoms with Gasteiger partial charge >= 0.3 is 0 Å². The summed E-state index contributed by atoms with van der Waals surface area (Å²) in [5.41, 5.74) is 4.22. The van der Waals surface area contributed by atoms with Crippen LogP contribution in [0, 0.1) is 5.92 Å². The van der Waals surface area contributed by atoms with Crippen LogP contribution in [-0.2, 0) is 11.3 Å². The number of hydrogen-bond donors (Lipinski definition) is 0. The van der Waals surface area contributed by atoms with Gasteiger partial charge in [-0.05, 0) is 49.4 Å². The number of piperidine rings is 1. The first-order valence-electron chi connectivity index (χ1n) is 11.4. The summed E-state index contributed by atoms with van der Waals surface area (Å²) in [7, 11) is 1.94. The van der Waals surface area contributed by atoms with Crippen molar-refractivity contribution in [1.29, 1.82) is 0 Å². The van der Waals surface area contributed by atoms with Gasteiger partial charge in [0.25, 0.3) is 6.01 Å². The highest BCUT2D eigenvalue weighted by atomic mass is 16.4. The number of rotatable bonds is 5. The van der Waals surface area contributed by atoms with E-state index in [1.54, 1.807) is 0 Å². The number of nitrogens with zero attached hydrogens (tertiary/aromatic N) is 4. The third kappa shape index (κ3) is 4.11. The van der Waals surface area contributed by atoms with Gasteiger partial charge < -0.3 is 19.1 Å². The Balaban J connectivity index is 1.20.